The van der Waals surface area contributed by atoms with E-state index in [1.807, 2.05) is 18.2 Å². The first kappa shape index (κ1) is 16.9. The van der Waals surface area contributed by atoms with Gasteiger partial charge in [0, 0.05) is 6.54 Å². The fourth-order valence-electron chi connectivity index (χ4n) is 2.65. The zero-order valence-electron chi connectivity index (χ0n) is 12.5. The summed E-state index contributed by atoms with van der Waals surface area (Å²) in [5.41, 5.74) is 6.75. The molecule has 6 nitrogen and oxygen atoms in total. The van der Waals surface area contributed by atoms with Crippen molar-refractivity contribution in [1.82, 2.24) is 15.0 Å². The van der Waals surface area contributed by atoms with Gasteiger partial charge in [-0.05, 0) is 12.5 Å². The Hall–Kier alpha value is -1.47. The lowest BCUT2D eigenvalue weighted by Gasteiger charge is -2.38. The highest BCUT2D eigenvalue weighted by molar-refractivity contribution is 5.85. The minimum Gasteiger partial charge on any atom is -0.375 e. The Labute approximate surface area is 136 Å². The van der Waals surface area contributed by atoms with Crippen LogP contribution in [0.5, 0.6) is 0 Å². The van der Waals surface area contributed by atoms with Gasteiger partial charge in [-0.15, -0.1) is 12.4 Å². The lowest BCUT2D eigenvalue weighted by Crippen LogP contribution is -2.43. The molecule has 1 saturated heterocycles. The quantitative estimate of drug-likeness (QED) is 0.925. The average molecular weight is 325 g/mol. The number of hydrogen-bond acceptors (Lipinski definition) is 6. The average Bonchev–Trinajstić information content (AvgIpc) is 2.96. The van der Waals surface area contributed by atoms with E-state index >= 15 is 0 Å². The molecule has 3 rings (SSSR count). The van der Waals surface area contributed by atoms with Crippen molar-refractivity contribution in [2.75, 3.05) is 13.2 Å². The summed E-state index contributed by atoms with van der Waals surface area (Å²) in [6.07, 6.45) is 0.200. The summed E-state index contributed by atoms with van der Waals surface area (Å²) in [6, 6.07) is 10.6. The van der Waals surface area contributed by atoms with Crippen LogP contribution in [0, 0.1) is 0 Å². The third-order valence-corrected chi connectivity index (χ3v) is 3.68. The number of morpholine rings is 1. The van der Waals surface area contributed by atoms with Crippen molar-refractivity contribution in [3.63, 3.8) is 0 Å². The van der Waals surface area contributed by atoms with Crippen LogP contribution in [0.15, 0.2) is 34.9 Å². The number of halogens is 1. The van der Waals surface area contributed by atoms with Crippen LogP contribution in [0.4, 0.5) is 0 Å². The molecule has 2 atom stereocenters. The highest BCUT2D eigenvalue weighted by Gasteiger charge is 2.29. The number of aromatic nitrogens is 2. The fourth-order valence-corrected chi connectivity index (χ4v) is 2.65. The molecule has 0 aliphatic carbocycles. The molecule has 22 heavy (non-hydrogen) atoms. The standard InChI is InChI=1S/C15H20N4O2.ClH/c1-11-8-19(9-14-17-15(7-16)21-18-14)13(10-20-11)12-5-3-2-4-6-12;/h2-6,11,13H,7-10,16H2,1H3;1H. The molecule has 0 radical (unpaired) electrons. The van der Waals surface area contributed by atoms with Gasteiger partial charge in [0.05, 0.1) is 31.8 Å². The van der Waals surface area contributed by atoms with Crippen molar-refractivity contribution in [2.45, 2.75) is 32.2 Å². The summed E-state index contributed by atoms with van der Waals surface area (Å²) in [5.74, 6) is 1.15. The molecule has 2 heterocycles. The maximum atomic E-state index is 5.81. The molecular weight excluding hydrogens is 304 g/mol. The van der Waals surface area contributed by atoms with Crippen LogP contribution < -0.4 is 5.73 Å². The number of ether oxygens (including phenoxy) is 1. The number of rotatable bonds is 4. The van der Waals surface area contributed by atoms with E-state index in [9.17, 15) is 0 Å². The summed E-state index contributed by atoms with van der Waals surface area (Å²) >= 11 is 0. The topological polar surface area (TPSA) is 77.4 Å². The molecule has 0 bridgehead atoms. The van der Waals surface area contributed by atoms with E-state index in [4.69, 9.17) is 15.0 Å². The third-order valence-electron chi connectivity index (χ3n) is 3.68. The van der Waals surface area contributed by atoms with Crippen molar-refractivity contribution in [2.24, 2.45) is 5.73 Å². The van der Waals surface area contributed by atoms with Crippen LogP contribution in [0.3, 0.4) is 0 Å². The van der Waals surface area contributed by atoms with Gasteiger partial charge in [0.25, 0.3) is 0 Å². The Bertz CT molecular complexity index is 578. The van der Waals surface area contributed by atoms with E-state index in [1.54, 1.807) is 0 Å². The Balaban J connectivity index is 0.00000176. The summed E-state index contributed by atoms with van der Waals surface area (Å²) < 4.78 is 10.9. The predicted octanol–water partition coefficient (Wildman–Crippen LogP) is 1.91. The van der Waals surface area contributed by atoms with Gasteiger partial charge in [0.1, 0.15) is 0 Å². The molecular formula is C15H21ClN4O2. The number of nitrogens with two attached hydrogens (primary N) is 1. The molecule has 120 valence electrons. The minimum atomic E-state index is 0. The van der Waals surface area contributed by atoms with Crippen LogP contribution in [0.2, 0.25) is 0 Å². The van der Waals surface area contributed by atoms with Crippen molar-refractivity contribution in [1.29, 1.82) is 0 Å². The third kappa shape index (κ3) is 3.84. The molecule has 1 aromatic heterocycles. The molecule has 1 aromatic carbocycles. The molecule has 0 saturated carbocycles. The van der Waals surface area contributed by atoms with Gasteiger partial charge in [-0.2, -0.15) is 4.98 Å². The van der Waals surface area contributed by atoms with Crippen LogP contribution in [0.25, 0.3) is 0 Å². The first-order chi connectivity index (χ1) is 10.3. The Kier molecular flexibility index (Phi) is 5.90. The van der Waals surface area contributed by atoms with Gasteiger partial charge < -0.3 is 15.0 Å². The lowest BCUT2D eigenvalue weighted by atomic mass is 10.0. The largest absolute Gasteiger partial charge is 0.375 e. The van der Waals surface area contributed by atoms with E-state index in [0.29, 0.717) is 24.9 Å². The van der Waals surface area contributed by atoms with E-state index in [2.05, 4.69) is 34.1 Å². The summed E-state index contributed by atoms with van der Waals surface area (Å²) in [6.45, 7) is 4.50. The maximum Gasteiger partial charge on any atom is 0.240 e. The molecule has 1 aliphatic rings. The van der Waals surface area contributed by atoms with Crippen molar-refractivity contribution in [3.05, 3.63) is 47.6 Å². The Morgan fingerprint density at radius 3 is 2.77 bits per heavy atom. The molecule has 2 N–H and O–H groups in total. The summed E-state index contributed by atoms with van der Waals surface area (Å²) in [4.78, 5) is 6.62. The SMILES string of the molecule is CC1CN(Cc2noc(CN)n2)C(c2ccccc2)CO1.Cl. The van der Waals surface area contributed by atoms with Gasteiger partial charge in [-0.3, -0.25) is 4.90 Å². The smallest absolute Gasteiger partial charge is 0.240 e. The highest BCUT2D eigenvalue weighted by atomic mass is 35.5. The van der Waals surface area contributed by atoms with E-state index in [-0.39, 0.29) is 31.1 Å². The van der Waals surface area contributed by atoms with Crippen LogP contribution in [-0.4, -0.2) is 34.3 Å². The van der Waals surface area contributed by atoms with Crippen molar-refractivity contribution >= 4 is 12.4 Å². The summed E-state index contributed by atoms with van der Waals surface area (Å²) in [7, 11) is 0. The van der Waals surface area contributed by atoms with Gasteiger partial charge >= 0.3 is 0 Å². The van der Waals surface area contributed by atoms with Crippen LogP contribution in [0.1, 0.15) is 30.2 Å². The maximum absolute atomic E-state index is 5.81. The lowest BCUT2D eigenvalue weighted by molar-refractivity contribution is -0.0607. The van der Waals surface area contributed by atoms with Gasteiger partial charge in [0.15, 0.2) is 5.82 Å². The Morgan fingerprint density at radius 2 is 2.09 bits per heavy atom. The monoisotopic (exact) mass is 324 g/mol. The molecule has 2 aromatic rings. The van der Waals surface area contributed by atoms with Crippen molar-refractivity contribution in [3.8, 4) is 0 Å². The number of benzene rings is 1. The number of nitrogens with zero attached hydrogens (tertiary/aromatic N) is 3. The zero-order chi connectivity index (χ0) is 14.7. The van der Waals surface area contributed by atoms with E-state index in [0.717, 1.165) is 6.54 Å². The fraction of sp³-hybridized carbons (Fsp3) is 0.467. The number of hydrogen-bond donors (Lipinski definition) is 1. The zero-order valence-corrected chi connectivity index (χ0v) is 13.3. The molecule has 0 amide bonds. The summed E-state index contributed by atoms with van der Waals surface area (Å²) in [5, 5.41) is 3.99. The van der Waals surface area contributed by atoms with E-state index < -0.39 is 0 Å². The highest BCUT2D eigenvalue weighted by Crippen LogP contribution is 2.27. The first-order valence-electron chi connectivity index (χ1n) is 7.18. The first-order valence-corrected chi connectivity index (χ1v) is 7.18. The van der Waals surface area contributed by atoms with Gasteiger partial charge in [-0.1, -0.05) is 35.5 Å². The molecule has 1 fully saturated rings. The second kappa shape index (κ2) is 7.69. The van der Waals surface area contributed by atoms with Crippen LogP contribution in [-0.2, 0) is 17.8 Å². The van der Waals surface area contributed by atoms with Gasteiger partial charge in [0.2, 0.25) is 5.89 Å². The Morgan fingerprint density at radius 1 is 1.32 bits per heavy atom. The van der Waals surface area contributed by atoms with E-state index in [1.165, 1.54) is 5.56 Å². The minimum absolute atomic E-state index is 0. The van der Waals surface area contributed by atoms with Crippen molar-refractivity contribution < 1.29 is 9.26 Å². The molecule has 1 aliphatic heterocycles. The van der Waals surface area contributed by atoms with Gasteiger partial charge in [-0.25, -0.2) is 0 Å². The molecule has 7 heteroatoms. The molecule has 2 unspecified atom stereocenters. The second-order valence-corrected chi connectivity index (χ2v) is 5.31. The van der Waals surface area contributed by atoms with Crippen LogP contribution >= 0.6 is 12.4 Å². The molecule has 0 spiro atoms. The predicted molar refractivity (Wildman–Crippen MR) is 84.4 cm³/mol. The second-order valence-electron chi connectivity index (χ2n) is 5.31. The normalized spacial score (nSPS) is 22.3.